The maximum absolute atomic E-state index is 12.8. The Morgan fingerprint density at radius 3 is 2.54 bits per heavy atom. The summed E-state index contributed by atoms with van der Waals surface area (Å²) in [6, 6.07) is 9.96. The third-order valence-electron chi connectivity index (χ3n) is 4.65. The summed E-state index contributed by atoms with van der Waals surface area (Å²) in [4.78, 5) is 2.51. The van der Waals surface area contributed by atoms with Gasteiger partial charge in [0.05, 0.1) is 18.9 Å². The number of ether oxygens (including phenoxy) is 1. The number of sulfonamides is 1. The van der Waals surface area contributed by atoms with Gasteiger partial charge in [0.2, 0.25) is 10.0 Å². The van der Waals surface area contributed by atoms with Crippen LogP contribution in [0.1, 0.15) is 24.2 Å². The summed E-state index contributed by atoms with van der Waals surface area (Å²) in [5.74, 6) is 0. The normalized spacial score (nSPS) is 17.3. The lowest BCUT2D eigenvalue weighted by Gasteiger charge is -2.34. The zero-order chi connectivity index (χ0) is 18.6. The molecule has 1 fully saturated rings. The minimum Gasteiger partial charge on any atom is -0.379 e. The van der Waals surface area contributed by atoms with Gasteiger partial charge in [-0.25, -0.2) is 13.1 Å². The van der Waals surface area contributed by atoms with Gasteiger partial charge in [0.25, 0.3) is 0 Å². The number of morpholine rings is 1. The van der Waals surface area contributed by atoms with Gasteiger partial charge in [-0.3, -0.25) is 9.58 Å². The summed E-state index contributed by atoms with van der Waals surface area (Å²) in [5.41, 5.74) is 1.61. The third-order valence-corrected chi connectivity index (χ3v) is 6.18. The van der Waals surface area contributed by atoms with Crippen molar-refractivity contribution in [2.24, 2.45) is 0 Å². The summed E-state index contributed by atoms with van der Waals surface area (Å²) in [6.07, 6.45) is 1.59. The van der Waals surface area contributed by atoms with E-state index in [1.54, 1.807) is 17.8 Å². The van der Waals surface area contributed by atoms with E-state index in [9.17, 15) is 8.42 Å². The maximum Gasteiger partial charge on any atom is 0.244 e. The Morgan fingerprint density at radius 1 is 1.23 bits per heavy atom. The Hall–Kier alpha value is -1.74. The van der Waals surface area contributed by atoms with Crippen molar-refractivity contribution in [2.75, 3.05) is 32.8 Å². The molecule has 0 spiro atoms. The standard InChI is InChI=1S/C18H26N4O3S/c1-3-22-14-18(15(2)20-22)26(23,24)19-13-17(16-7-5-4-6-8-16)21-9-11-25-12-10-21/h4-8,14,17,19H,3,9-13H2,1-2H3/t17-/m0/s1. The molecule has 1 aromatic heterocycles. The van der Waals surface area contributed by atoms with Crippen LogP contribution in [0.3, 0.4) is 0 Å². The molecule has 0 unspecified atom stereocenters. The first-order valence-corrected chi connectivity index (χ1v) is 10.4. The van der Waals surface area contributed by atoms with Gasteiger partial charge in [0.15, 0.2) is 0 Å². The van der Waals surface area contributed by atoms with E-state index in [4.69, 9.17) is 4.74 Å². The molecule has 0 aliphatic carbocycles. The number of hydrogen-bond acceptors (Lipinski definition) is 5. The van der Waals surface area contributed by atoms with Crippen LogP contribution in [0.2, 0.25) is 0 Å². The second-order valence-electron chi connectivity index (χ2n) is 6.36. The monoisotopic (exact) mass is 378 g/mol. The molecule has 2 aromatic rings. The molecule has 0 radical (unpaired) electrons. The predicted octanol–water partition coefficient (Wildman–Crippen LogP) is 1.56. The van der Waals surface area contributed by atoms with E-state index in [0.29, 0.717) is 32.0 Å². The number of nitrogens with zero attached hydrogens (tertiary/aromatic N) is 3. The Balaban J connectivity index is 1.79. The minimum atomic E-state index is -3.61. The Bertz CT molecular complexity index is 814. The summed E-state index contributed by atoms with van der Waals surface area (Å²) in [7, 11) is -3.61. The molecular formula is C18H26N4O3S. The fraction of sp³-hybridized carbons (Fsp3) is 0.500. The highest BCUT2D eigenvalue weighted by Gasteiger charge is 2.26. The van der Waals surface area contributed by atoms with Crippen molar-refractivity contribution in [3.63, 3.8) is 0 Å². The quantitative estimate of drug-likeness (QED) is 0.791. The molecule has 1 aliphatic heterocycles. The number of rotatable bonds is 7. The van der Waals surface area contributed by atoms with Crippen LogP contribution in [0.5, 0.6) is 0 Å². The van der Waals surface area contributed by atoms with Gasteiger partial charge in [0.1, 0.15) is 4.90 Å². The van der Waals surface area contributed by atoms with E-state index in [1.807, 2.05) is 37.3 Å². The molecule has 26 heavy (non-hydrogen) atoms. The van der Waals surface area contributed by atoms with Crippen molar-refractivity contribution >= 4 is 10.0 Å². The molecule has 3 rings (SSSR count). The van der Waals surface area contributed by atoms with Crippen molar-refractivity contribution in [1.82, 2.24) is 19.4 Å². The predicted molar refractivity (Wildman–Crippen MR) is 99.4 cm³/mol. The molecule has 8 heteroatoms. The van der Waals surface area contributed by atoms with E-state index in [-0.39, 0.29) is 10.9 Å². The van der Waals surface area contributed by atoms with Crippen molar-refractivity contribution in [2.45, 2.75) is 31.3 Å². The Labute approximate surface area is 155 Å². The second-order valence-corrected chi connectivity index (χ2v) is 8.10. The number of nitrogens with one attached hydrogen (secondary N) is 1. The average Bonchev–Trinajstić information content (AvgIpc) is 3.05. The zero-order valence-electron chi connectivity index (χ0n) is 15.3. The molecule has 1 atom stereocenters. The molecule has 1 aromatic carbocycles. The van der Waals surface area contributed by atoms with Crippen LogP contribution in [0.15, 0.2) is 41.4 Å². The molecule has 7 nitrogen and oxygen atoms in total. The highest BCUT2D eigenvalue weighted by Crippen LogP contribution is 2.22. The van der Waals surface area contributed by atoms with Crippen molar-refractivity contribution < 1.29 is 13.2 Å². The van der Waals surface area contributed by atoms with Crippen LogP contribution in [0.25, 0.3) is 0 Å². The van der Waals surface area contributed by atoms with Crippen LogP contribution in [0.4, 0.5) is 0 Å². The second kappa shape index (κ2) is 8.30. The van der Waals surface area contributed by atoms with E-state index < -0.39 is 10.0 Å². The summed E-state index contributed by atoms with van der Waals surface area (Å²) in [6.45, 7) is 7.50. The summed E-state index contributed by atoms with van der Waals surface area (Å²) < 4.78 is 35.5. The minimum absolute atomic E-state index is 0.0311. The zero-order valence-corrected chi connectivity index (χ0v) is 16.1. The van der Waals surface area contributed by atoms with Crippen LogP contribution < -0.4 is 4.72 Å². The van der Waals surface area contributed by atoms with Crippen LogP contribution >= 0.6 is 0 Å². The fourth-order valence-corrected chi connectivity index (χ4v) is 4.44. The average molecular weight is 378 g/mol. The van der Waals surface area contributed by atoms with Crippen molar-refractivity contribution in [3.8, 4) is 0 Å². The SMILES string of the molecule is CCn1cc(S(=O)(=O)NC[C@@H](c2ccccc2)N2CCOCC2)c(C)n1. The van der Waals surface area contributed by atoms with Gasteiger partial charge in [-0.1, -0.05) is 30.3 Å². The number of hydrogen-bond donors (Lipinski definition) is 1. The first-order chi connectivity index (χ1) is 12.5. The molecule has 142 valence electrons. The van der Waals surface area contributed by atoms with E-state index in [2.05, 4.69) is 14.7 Å². The van der Waals surface area contributed by atoms with Gasteiger partial charge in [-0.05, 0) is 19.4 Å². The lowest BCUT2D eigenvalue weighted by molar-refractivity contribution is 0.0172. The number of benzene rings is 1. The van der Waals surface area contributed by atoms with Gasteiger partial charge in [-0.2, -0.15) is 5.10 Å². The third kappa shape index (κ3) is 4.32. The first kappa shape index (κ1) is 19.0. The highest BCUT2D eigenvalue weighted by molar-refractivity contribution is 7.89. The smallest absolute Gasteiger partial charge is 0.244 e. The molecule has 0 amide bonds. The lowest BCUT2D eigenvalue weighted by Crippen LogP contribution is -2.43. The van der Waals surface area contributed by atoms with Gasteiger partial charge < -0.3 is 4.74 Å². The topological polar surface area (TPSA) is 76.5 Å². The van der Waals surface area contributed by atoms with E-state index >= 15 is 0 Å². The lowest BCUT2D eigenvalue weighted by atomic mass is 10.1. The highest BCUT2D eigenvalue weighted by atomic mass is 32.2. The van der Waals surface area contributed by atoms with Crippen molar-refractivity contribution in [3.05, 3.63) is 47.8 Å². The van der Waals surface area contributed by atoms with Crippen molar-refractivity contribution in [1.29, 1.82) is 0 Å². The summed E-state index contributed by atoms with van der Waals surface area (Å²) in [5, 5.41) is 4.24. The fourth-order valence-electron chi connectivity index (χ4n) is 3.21. The van der Waals surface area contributed by atoms with E-state index in [0.717, 1.165) is 18.7 Å². The number of aromatic nitrogens is 2. The van der Waals surface area contributed by atoms with Crippen LogP contribution in [-0.4, -0.2) is 55.9 Å². The molecule has 1 aliphatic rings. The number of aryl methyl sites for hydroxylation is 2. The molecule has 0 bridgehead atoms. The summed E-state index contributed by atoms with van der Waals surface area (Å²) >= 11 is 0. The molecule has 1 N–H and O–H groups in total. The molecular weight excluding hydrogens is 352 g/mol. The largest absolute Gasteiger partial charge is 0.379 e. The Morgan fingerprint density at radius 2 is 1.92 bits per heavy atom. The van der Waals surface area contributed by atoms with Gasteiger partial charge in [0, 0.05) is 38.4 Å². The van der Waals surface area contributed by atoms with Crippen LogP contribution in [0, 0.1) is 6.92 Å². The van der Waals surface area contributed by atoms with Crippen LogP contribution in [-0.2, 0) is 21.3 Å². The first-order valence-electron chi connectivity index (χ1n) is 8.91. The molecule has 0 saturated carbocycles. The molecule has 1 saturated heterocycles. The van der Waals surface area contributed by atoms with E-state index in [1.165, 1.54) is 0 Å². The molecule has 2 heterocycles. The maximum atomic E-state index is 12.8. The van der Waals surface area contributed by atoms with Gasteiger partial charge >= 0.3 is 0 Å². The van der Waals surface area contributed by atoms with Gasteiger partial charge in [-0.15, -0.1) is 0 Å². The Kier molecular flexibility index (Phi) is 6.08.